The summed E-state index contributed by atoms with van der Waals surface area (Å²) in [5, 5.41) is 4.16. The topological polar surface area (TPSA) is 86.8 Å². The van der Waals surface area contributed by atoms with E-state index in [4.69, 9.17) is 23.2 Å². The standard InChI is InChI=1S/C37H39Cl2N3O4S/c1-27-12-20-33(21-13-27)42(47(45,46)34-22-18-31(39)19-23-34)26-36(43)41(25-29-14-16-30(38)17-15-29)35(24-28-8-4-2-5-9-28)37(44)40-32-10-6-3-7-11-32/h2,4-5,8-9,12-23,32,35H,3,6-7,10-11,24-26H2,1H3,(H,40,44)/t35-/m0/s1. The van der Waals surface area contributed by atoms with E-state index in [0.29, 0.717) is 15.7 Å². The third kappa shape index (κ3) is 9.15. The third-order valence-corrected chi connectivity index (χ3v) is 10.8. The maximum absolute atomic E-state index is 14.6. The van der Waals surface area contributed by atoms with Crippen LogP contribution >= 0.6 is 23.2 Å². The Morgan fingerprint density at radius 1 is 0.787 bits per heavy atom. The molecule has 1 fully saturated rings. The number of carbonyl (C=O) groups excluding carboxylic acids is 2. The van der Waals surface area contributed by atoms with Crippen LogP contribution in [-0.2, 0) is 32.6 Å². The lowest BCUT2D eigenvalue weighted by Crippen LogP contribution is -2.55. The van der Waals surface area contributed by atoms with Gasteiger partial charge in [0.25, 0.3) is 10.0 Å². The minimum Gasteiger partial charge on any atom is -0.352 e. The molecule has 5 rings (SSSR count). The van der Waals surface area contributed by atoms with E-state index in [9.17, 15) is 18.0 Å². The van der Waals surface area contributed by atoms with Crippen molar-refractivity contribution in [1.29, 1.82) is 0 Å². The molecule has 0 bridgehead atoms. The second kappa shape index (κ2) is 15.8. The Morgan fingerprint density at radius 3 is 2.00 bits per heavy atom. The maximum atomic E-state index is 14.6. The molecule has 0 aromatic heterocycles. The molecule has 1 aliphatic rings. The highest BCUT2D eigenvalue weighted by molar-refractivity contribution is 7.92. The number of rotatable bonds is 12. The first-order chi connectivity index (χ1) is 22.6. The molecule has 0 saturated heterocycles. The van der Waals surface area contributed by atoms with Crippen LogP contribution in [0, 0.1) is 6.92 Å². The first-order valence-corrected chi connectivity index (χ1v) is 18.0. The Labute approximate surface area is 287 Å². The molecule has 0 heterocycles. The molecule has 246 valence electrons. The number of hydrogen-bond acceptors (Lipinski definition) is 4. The predicted molar refractivity (Wildman–Crippen MR) is 188 cm³/mol. The van der Waals surface area contributed by atoms with Crippen LogP contribution in [0.2, 0.25) is 10.0 Å². The summed E-state index contributed by atoms with van der Waals surface area (Å²) in [6.07, 6.45) is 5.24. The molecular formula is C37H39Cl2N3O4S. The van der Waals surface area contributed by atoms with Gasteiger partial charge >= 0.3 is 0 Å². The van der Waals surface area contributed by atoms with Crippen LogP contribution in [0.4, 0.5) is 5.69 Å². The summed E-state index contributed by atoms with van der Waals surface area (Å²) in [5.74, 6) is -0.775. The lowest BCUT2D eigenvalue weighted by molar-refractivity contribution is -0.140. The molecule has 7 nitrogen and oxygen atoms in total. The van der Waals surface area contributed by atoms with Crippen molar-refractivity contribution >= 4 is 50.7 Å². The number of halogens is 2. The number of benzene rings is 4. The number of nitrogens with one attached hydrogen (secondary N) is 1. The van der Waals surface area contributed by atoms with Gasteiger partial charge in [-0.1, -0.05) is 103 Å². The van der Waals surface area contributed by atoms with Crippen LogP contribution in [0.1, 0.15) is 48.8 Å². The highest BCUT2D eigenvalue weighted by atomic mass is 35.5. The Morgan fingerprint density at radius 2 is 1.38 bits per heavy atom. The molecule has 4 aromatic carbocycles. The van der Waals surface area contributed by atoms with Crippen molar-refractivity contribution < 1.29 is 18.0 Å². The number of sulfonamides is 1. The Bertz CT molecular complexity index is 1740. The average Bonchev–Trinajstić information content (AvgIpc) is 3.07. The van der Waals surface area contributed by atoms with Crippen molar-refractivity contribution in [3.05, 3.63) is 130 Å². The monoisotopic (exact) mass is 691 g/mol. The first-order valence-electron chi connectivity index (χ1n) is 15.8. The lowest BCUT2D eigenvalue weighted by Gasteiger charge is -2.35. The van der Waals surface area contributed by atoms with Crippen LogP contribution in [0.3, 0.4) is 0 Å². The van der Waals surface area contributed by atoms with E-state index < -0.39 is 28.5 Å². The number of anilines is 1. The van der Waals surface area contributed by atoms with E-state index in [1.165, 1.54) is 29.2 Å². The summed E-state index contributed by atoms with van der Waals surface area (Å²) >= 11 is 12.3. The number of hydrogen-bond donors (Lipinski definition) is 1. The van der Waals surface area contributed by atoms with Gasteiger partial charge in [-0.3, -0.25) is 13.9 Å². The van der Waals surface area contributed by atoms with Gasteiger partial charge in [-0.05, 0) is 79.4 Å². The van der Waals surface area contributed by atoms with E-state index in [-0.39, 0.29) is 29.8 Å². The van der Waals surface area contributed by atoms with E-state index in [2.05, 4.69) is 5.32 Å². The van der Waals surface area contributed by atoms with E-state index in [0.717, 1.165) is 53.1 Å². The SMILES string of the molecule is Cc1ccc(N(CC(=O)N(Cc2ccc(Cl)cc2)[C@@H](Cc2ccccc2)C(=O)NC2CCCCC2)S(=O)(=O)c2ccc(Cl)cc2)cc1. The molecule has 1 saturated carbocycles. The molecule has 0 aliphatic heterocycles. The summed E-state index contributed by atoms with van der Waals surface area (Å²) in [5.41, 5.74) is 2.91. The van der Waals surface area contributed by atoms with Crippen molar-refractivity contribution in [3.63, 3.8) is 0 Å². The van der Waals surface area contributed by atoms with Crippen molar-refractivity contribution in [2.24, 2.45) is 0 Å². The summed E-state index contributed by atoms with van der Waals surface area (Å²) in [6, 6.07) is 28.6. The molecule has 47 heavy (non-hydrogen) atoms. The molecule has 0 radical (unpaired) electrons. The summed E-state index contributed by atoms with van der Waals surface area (Å²) < 4.78 is 29.4. The normalized spacial score (nSPS) is 14.3. The number of aryl methyl sites for hydroxylation is 1. The molecule has 1 aliphatic carbocycles. The van der Waals surface area contributed by atoms with E-state index >= 15 is 0 Å². The lowest BCUT2D eigenvalue weighted by atomic mass is 9.94. The molecule has 10 heteroatoms. The van der Waals surface area contributed by atoms with Crippen molar-refractivity contribution in [3.8, 4) is 0 Å². The third-order valence-electron chi connectivity index (χ3n) is 8.49. The summed E-state index contributed by atoms with van der Waals surface area (Å²) in [6.45, 7) is 1.46. The fourth-order valence-electron chi connectivity index (χ4n) is 5.86. The molecular weight excluding hydrogens is 653 g/mol. The maximum Gasteiger partial charge on any atom is 0.264 e. The van der Waals surface area contributed by atoms with Gasteiger partial charge in [0.1, 0.15) is 12.6 Å². The van der Waals surface area contributed by atoms with Gasteiger partial charge in [-0.2, -0.15) is 0 Å². The quantitative estimate of drug-likeness (QED) is 0.166. The molecule has 2 amide bonds. The highest BCUT2D eigenvalue weighted by Crippen LogP contribution is 2.27. The zero-order valence-electron chi connectivity index (χ0n) is 26.3. The van der Waals surface area contributed by atoms with Gasteiger partial charge in [0.15, 0.2) is 0 Å². The first kappa shape index (κ1) is 34.5. The number of carbonyl (C=O) groups is 2. The zero-order chi connectivity index (χ0) is 33.4. The smallest absolute Gasteiger partial charge is 0.264 e. The summed E-state index contributed by atoms with van der Waals surface area (Å²) in [7, 11) is -4.21. The van der Waals surface area contributed by atoms with Crippen LogP contribution < -0.4 is 9.62 Å². The van der Waals surface area contributed by atoms with Crippen LogP contribution in [0.15, 0.2) is 108 Å². The van der Waals surface area contributed by atoms with Gasteiger partial charge in [0, 0.05) is 29.1 Å². The van der Waals surface area contributed by atoms with Crippen molar-refractivity contribution in [2.45, 2.75) is 69.0 Å². The van der Waals surface area contributed by atoms with Crippen LogP contribution in [-0.4, -0.2) is 43.8 Å². The second-order valence-electron chi connectivity index (χ2n) is 12.0. The van der Waals surface area contributed by atoms with Gasteiger partial charge in [0.2, 0.25) is 11.8 Å². The fourth-order valence-corrected chi connectivity index (χ4v) is 7.52. The van der Waals surface area contributed by atoms with E-state index in [1.54, 1.807) is 36.4 Å². The largest absolute Gasteiger partial charge is 0.352 e. The van der Waals surface area contributed by atoms with Gasteiger partial charge in [0.05, 0.1) is 10.6 Å². The van der Waals surface area contributed by atoms with Crippen LogP contribution in [0.25, 0.3) is 0 Å². The van der Waals surface area contributed by atoms with Crippen molar-refractivity contribution in [2.75, 3.05) is 10.8 Å². The minimum atomic E-state index is -4.21. The minimum absolute atomic E-state index is 0.00426. The molecule has 0 spiro atoms. The highest BCUT2D eigenvalue weighted by Gasteiger charge is 2.35. The zero-order valence-corrected chi connectivity index (χ0v) is 28.6. The van der Waals surface area contributed by atoms with Crippen LogP contribution in [0.5, 0.6) is 0 Å². The van der Waals surface area contributed by atoms with Gasteiger partial charge in [-0.15, -0.1) is 0 Å². The molecule has 1 atom stereocenters. The second-order valence-corrected chi connectivity index (χ2v) is 14.7. The molecule has 4 aromatic rings. The Kier molecular flexibility index (Phi) is 11.6. The Balaban J connectivity index is 1.55. The van der Waals surface area contributed by atoms with Crippen molar-refractivity contribution in [1.82, 2.24) is 10.2 Å². The fraction of sp³-hybridized carbons (Fsp3) is 0.297. The van der Waals surface area contributed by atoms with Gasteiger partial charge in [-0.25, -0.2) is 8.42 Å². The van der Waals surface area contributed by atoms with E-state index in [1.807, 2.05) is 49.4 Å². The predicted octanol–water partition coefficient (Wildman–Crippen LogP) is 7.59. The number of nitrogens with zero attached hydrogens (tertiary/aromatic N) is 2. The molecule has 1 N–H and O–H groups in total. The molecule has 0 unspecified atom stereocenters. The number of amides is 2. The summed E-state index contributed by atoms with van der Waals surface area (Å²) in [4.78, 5) is 30.3. The van der Waals surface area contributed by atoms with Gasteiger partial charge < -0.3 is 10.2 Å². The average molecular weight is 693 g/mol. The Hall–Kier alpha value is -3.85.